The van der Waals surface area contributed by atoms with Crippen LogP contribution in [0.25, 0.3) is 0 Å². The summed E-state index contributed by atoms with van der Waals surface area (Å²) in [7, 11) is -3.88. The maximum atomic E-state index is 13.1. The van der Waals surface area contributed by atoms with Crippen LogP contribution in [0.4, 0.5) is 5.69 Å². The Morgan fingerprint density at radius 3 is 2.48 bits per heavy atom. The number of halogens is 1. The molecule has 0 aliphatic carbocycles. The highest BCUT2D eigenvalue weighted by Crippen LogP contribution is 2.26. The minimum atomic E-state index is -3.88. The van der Waals surface area contributed by atoms with Crippen LogP contribution in [0.15, 0.2) is 70.9 Å². The standard InChI is InChI=1S/C23H24ClN3O4S2/c24-17-7-9-18(10-8-17)33(29,30)26-20-5-2-1-4-19(20)23(28)25-16-21(22-6-3-15-32-22)27-11-13-31-14-12-27/h1-10,15,21,26H,11-14,16H2,(H,25,28)/t21-/m1/s1. The lowest BCUT2D eigenvalue weighted by atomic mass is 10.1. The molecule has 2 heterocycles. The van der Waals surface area contributed by atoms with Crippen molar-refractivity contribution in [3.05, 3.63) is 81.5 Å². The van der Waals surface area contributed by atoms with Gasteiger partial charge in [-0.15, -0.1) is 11.3 Å². The molecule has 7 nitrogen and oxygen atoms in total. The SMILES string of the molecule is O=C(NC[C@H](c1cccs1)N1CCOCC1)c1ccccc1NS(=O)(=O)c1ccc(Cl)cc1. The topological polar surface area (TPSA) is 87.7 Å². The Labute approximate surface area is 202 Å². The third-order valence-electron chi connectivity index (χ3n) is 5.35. The molecule has 33 heavy (non-hydrogen) atoms. The number of rotatable bonds is 8. The summed E-state index contributed by atoms with van der Waals surface area (Å²) in [4.78, 5) is 16.6. The van der Waals surface area contributed by atoms with E-state index in [1.54, 1.807) is 35.6 Å². The number of hydrogen-bond donors (Lipinski definition) is 2. The average Bonchev–Trinajstić information content (AvgIpc) is 3.35. The number of hydrogen-bond acceptors (Lipinski definition) is 6. The van der Waals surface area contributed by atoms with Gasteiger partial charge in [0.1, 0.15) is 0 Å². The van der Waals surface area contributed by atoms with Crippen LogP contribution < -0.4 is 10.0 Å². The van der Waals surface area contributed by atoms with E-state index >= 15 is 0 Å². The summed E-state index contributed by atoms with van der Waals surface area (Å²) in [6, 6.07) is 16.5. The van der Waals surface area contributed by atoms with Crippen molar-refractivity contribution in [1.29, 1.82) is 0 Å². The van der Waals surface area contributed by atoms with Crippen molar-refractivity contribution in [3.8, 4) is 0 Å². The molecule has 0 unspecified atom stereocenters. The van der Waals surface area contributed by atoms with Gasteiger partial charge in [0.25, 0.3) is 15.9 Å². The van der Waals surface area contributed by atoms with E-state index in [1.165, 1.54) is 24.3 Å². The Kier molecular flexibility index (Phi) is 7.67. The molecule has 4 rings (SSSR count). The molecule has 1 atom stereocenters. The Balaban J connectivity index is 1.50. The van der Waals surface area contributed by atoms with Crippen LogP contribution in [-0.4, -0.2) is 52.1 Å². The van der Waals surface area contributed by atoms with Crippen molar-refractivity contribution in [3.63, 3.8) is 0 Å². The van der Waals surface area contributed by atoms with E-state index in [2.05, 4.69) is 21.0 Å². The summed E-state index contributed by atoms with van der Waals surface area (Å²) in [5, 5.41) is 5.45. The largest absolute Gasteiger partial charge is 0.379 e. The van der Waals surface area contributed by atoms with Gasteiger partial charge in [-0.1, -0.05) is 29.8 Å². The molecule has 0 radical (unpaired) electrons. The number of morpholine rings is 1. The average molecular weight is 506 g/mol. The molecule has 174 valence electrons. The molecule has 1 aliphatic rings. The number of sulfonamides is 1. The number of carbonyl (C=O) groups excluding carboxylic acids is 1. The van der Waals surface area contributed by atoms with Gasteiger partial charge < -0.3 is 10.1 Å². The Hall–Kier alpha value is -2.43. The second kappa shape index (κ2) is 10.7. The van der Waals surface area contributed by atoms with E-state index in [-0.39, 0.29) is 28.1 Å². The van der Waals surface area contributed by atoms with Gasteiger partial charge in [-0.3, -0.25) is 14.4 Å². The molecule has 2 N–H and O–H groups in total. The van der Waals surface area contributed by atoms with Gasteiger partial charge in [0, 0.05) is 29.5 Å². The van der Waals surface area contributed by atoms with Crippen LogP contribution in [-0.2, 0) is 14.8 Å². The number of thiophene rings is 1. The molecular formula is C23H24ClN3O4S2. The predicted molar refractivity (Wildman–Crippen MR) is 130 cm³/mol. The van der Waals surface area contributed by atoms with Crippen LogP contribution in [0.5, 0.6) is 0 Å². The van der Waals surface area contributed by atoms with Gasteiger partial charge in [-0.2, -0.15) is 0 Å². The van der Waals surface area contributed by atoms with Crippen LogP contribution >= 0.6 is 22.9 Å². The lowest BCUT2D eigenvalue weighted by Gasteiger charge is -2.34. The number of nitrogens with zero attached hydrogens (tertiary/aromatic N) is 1. The van der Waals surface area contributed by atoms with Gasteiger partial charge in [0.2, 0.25) is 0 Å². The molecule has 2 aromatic carbocycles. The summed E-state index contributed by atoms with van der Waals surface area (Å²) in [6.45, 7) is 3.29. The van der Waals surface area contributed by atoms with Crippen molar-refractivity contribution in [2.24, 2.45) is 0 Å². The van der Waals surface area contributed by atoms with E-state index in [1.807, 2.05) is 11.4 Å². The first kappa shape index (κ1) is 23.7. The second-order valence-corrected chi connectivity index (χ2v) is 10.6. The van der Waals surface area contributed by atoms with Crippen molar-refractivity contribution in [2.75, 3.05) is 37.6 Å². The van der Waals surface area contributed by atoms with Crippen LogP contribution in [0.1, 0.15) is 21.3 Å². The van der Waals surface area contributed by atoms with Gasteiger partial charge in [-0.25, -0.2) is 8.42 Å². The van der Waals surface area contributed by atoms with Crippen molar-refractivity contribution >= 4 is 44.6 Å². The highest BCUT2D eigenvalue weighted by molar-refractivity contribution is 7.92. The van der Waals surface area contributed by atoms with Gasteiger partial charge >= 0.3 is 0 Å². The Morgan fingerprint density at radius 1 is 1.06 bits per heavy atom. The summed E-state index contributed by atoms with van der Waals surface area (Å²) in [5.74, 6) is -0.348. The summed E-state index contributed by atoms with van der Waals surface area (Å²) < 4.78 is 33.6. The number of amides is 1. The van der Waals surface area contributed by atoms with E-state index in [4.69, 9.17) is 16.3 Å². The van der Waals surface area contributed by atoms with Crippen molar-refractivity contribution in [1.82, 2.24) is 10.2 Å². The summed E-state index contributed by atoms with van der Waals surface area (Å²) in [5.41, 5.74) is 0.464. The first-order chi connectivity index (χ1) is 15.9. The molecule has 1 saturated heterocycles. The first-order valence-electron chi connectivity index (χ1n) is 10.4. The van der Waals surface area contributed by atoms with E-state index in [0.717, 1.165) is 18.0 Å². The molecule has 10 heteroatoms. The second-order valence-electron chi connectivity index (χ2n) is 7.49. The molecule has 0 bridgehead atoms. The minimum Gasteiger partial charge on any atom is -0.379 e. The molecule has 0 saturated carbocycles. The normalized spacial score (nSPS) is 15.7. The summed E-state index contributed by atoms with van der Waals surface area (Å²) in [6.07, 6.45) is 0. The van der Waals surface area contributed by atoms with Crippen LogP contribution in [0, 0.1) is 0 Å². The summed E-state index contributed by atoms with van der Waals surface area (Å²) >= 11 is 7.51. The molecule has 1 fully saturated rings. The number of anilines is 1. The van der Waals surface area contributed by atoms with E-state index < -0.39 is 10.0 Å². The zero-order valence-electron chi connectivity index (χ0n) is 17.7. The third kappa shape index (κ3) is 5.93. The Morgan fingerprint density at radius 2 is 1.79 bits per heavy atom. The van der Waals surface area contributed by atoms with Crippen LogP contribution in [0.3, 0.4) is 0 Å². The zero-order valence-corrected chi connectivity index (χ0v) is 20.1. The number of carbonyl (C=O) groups is 1. The number of para-hydroxylation sites is 1. The zero-order chi connectivity index (χ0) is 23.3. The first-order valence-corrected chi connectivity index (χ1v) is 13.2. The van der Waals surface area contributed by atoms with Crippen molar-refractivity contribution < 1.29 is 17.9 Å². The van der Waals surface area contributed by atoms with Gasteiger partial charge in [0.15, 0.2) is 0 Å². The van der Waals surface area contributed by atoms with Gasteiger partial charge in [-0.05, 0) is 47.8 Å². The number of benzene rings is 2. The lowest BCUT2D eigenvalue weighted by Crippen LogP contribution is -2.43. The van der Waals surface area contributed by atoms with Gasteiger partial charge in [0.05, 0.1) is 35.4 Å². The fourth-order valence-corrected chi connectivity index (χ4v) is 5.72. The fraction of sp³-hybridized carbons (Fsp3) is 0.261. The molecule has 1 aromatic heterocycles. The lowest BCUT2D eigenvalue weighted by molar-refractivity contribution is 0.0169. The number of ether oxygens (including phenoxy) is 1. The van der Waals surface area contributed by atoms with E-state index in [9.17, 15) is 13.2 Å². The monoisotopic (exact) mass is 505 g/mol. The highest BCUT2D eigenvalue weighted by Gasteiger charge is 2.25. The molecule has 0 spiro atoms. The van der Waals surface area contributed by atoms with Crippen LogP contribution in [0.2, 0.25) is 5.02 Å². The number of nitrogens with one attached hydrogen (secondary N) is 2. The molecule has 3 aromatic rings. The predicted octanol–water partition coefficient (Wildman–Crippen LogP) is 4.01. The third-order valence-corrected chi connectivity index (χ3v) is 7.96. The Bertz CT molecular complexity index is 1180. The molecular weight excluding hydrogens is 482 g/mol. The quantitative estimate of drug-likeness (QED) is 0.483. The van der Waals surface area contributed by atoms with Crippen molar-refractivity contribution in [2.45, 2.75) is 10.9 Å². The minimum absolute atomic E-state index is 0.0239. The molecule has 1 amide bonds. The fourth-order valence-electron chi connectivity index (χ4n) is 3.65. The maximum Gasteiger partial charge on any atom is 0.261 e. The highest BCUT2D eigenvalue weighted by atomic mass is 35.5. The molecule has 1 aliphatic heterocycles. The maximum absolute atomic E-state index is 13.1. The van der Waals surface area contributed by atoms with E-state index in [0.29, 0.717) is 24.8 Å². The smallest absolute Gasteiger partial charge is 0.261 e.